The molecule has 0 spiro atoms. The van der Waals surface area contributed by atoms with E-state index < -0.39 is 0 Å². The summed E-state index contributed by atoms with van der Waals surface area (Å²) in [6.07, 6.45) is 10.4. The third kappa shape index (κ3) is 5.32. The van der Waals surface area contributed by atoms with Crippen molar-refractivity contribution < 1.29 is 0 Å². The van der Waals surface area contributed by atoms with Crippen LogP contribution >= 0.6 is 0 Å². The molecule has 0 fully saturated rings. The zero-order valence-corrected chi connectivity index (χ0v) is 10.6. The summed E-state index contributed by atoms with van der Waals surface area (Å²) in [4.78, 5) is 0. The largest absolute Gasteiger partial charge is 0.120 e. The Morgan fingerprint density at radius 2 is 1.71 bits per heavy atom. The van der Waals surface area contributed by atoms with Gasteiger partial charge in [-0.15, -0.1) is 12.3 Å². The number of rotatable bonds is 5. The summed E-state index contributed by atoms with van der Waals surface area (Å²) in [7, 11) is 0. The van der Waals surface area contributed by atoms with Gasteiger partial charge in [0.25, 0.3) is 0 Å². The second-order valence-corrected chi connectivity index (χ2v) is 5.50. The molecule has 2 atom stereocenters. The summed E-state index contributed by atoms with van der Waals surface area (Å²) in [5.74, 6) is 4.17. The molecule has 0 saturated carbocycles. The molecule has 0 aromatic carbocycles. The normalized spacial score (nSPS) is 16.0. The van der Waals surface area contributed by atoms with Crippen LogP contribution in [-0.2, 0) is 0 Å². The number of hydrogen-bond donors (Lipinski definition) is 0. The van der Waals surface area contributed by atoms with E-state index in [1.54, 1.807) is 0 Å². The molecule has 0 saturated heterocycles. The topological polar surface area (TPSA) is 0 Å². The SMILES string of the molecule is C#CC(CCC)CCC(C)C(C)(C)C. The first-order chi connectivity index (χ1) is 6.41. The molecule has 0 aliphatic carbocycles. The molecule has 0 heteroatoms. The van der Waals surface area contributed by atoms with Crippen LogP contribution in [0.1, 0.15) is 60.3 Å². The van der Waals surface area contributed by atoms with E-state index in [0.717, 1.165) is 5.92 Å². The van der Waals surface area contributed by atoms with Crippen LogP contribution in [0, 0.1) is 29.6 Å². The molecular weight excluding hydrogens is 168 g/mol. The van der Waals surface area contributed by atoms with Gasteiger partial charge in [0.2, 0.25) is 0 Å². The van der Waals surface area contributed by atoms with E-state index in [1.807, 2.05) is 0 Å². The van der Waals surface area contributed by atoms with E-state index in [2.05, 4.69) is 40.5 Å². The van der Waals surface area contributed by atoms with E-state index in [9.17, 15) is 0 Å². The highest BCUT2D eigenvalue weighted by atomic mass is 14.3. The quantitative estimate of drug-likeness (QED) is 0.565. The predicted octanol–water partition coefficient (Wildman–Crippen LogP) is 4.50. The van der Waals surface area contributed by atoms with Gasteiger partial charge in [-0.1, -0.05) is 41.0 Å². The highest BCUT2D eigenvalue weighted by Gasteiger charge is 2.20. The van der Waals surface area contributed by atoms with Crippen molar-refractivity contribution >= 4 is 0 Å². The van der Waals surface area contributed by atoms with Gasteiger partial charge in [0, 0.05) is 5.92 Å². The van der Waals surface area contributed by atoms with Crippen molar-refractivity contribution in [3.63, 3.8) is 0 Å². The van der Waals surface area contributed by atoms with Gasteiger partial charge in [-0.3, -0.25) is 0 Å². The molecule has 0 rings (SSSR count). The molecule has 0 amide bonds. The van der Waals surface area contributed by atoms with E-state index in [0.29, 0.717) is 11.3 Å². The highest BCUT2D eigenvalue weighted by Crippen LogP contribution is 2.30. The number of hydrogen-bond acceptors (Lipinski definition) is 0. The van der Waals surface area contributed by atoms with E-state index in [-0.39, 0.29) is 0 Å². The molecule has 0 bridgehead atoms. The summed E-state index contributed by atoms with van der Waals surface area (Å²) >= 11 is 0. The predicted molar refractivity (Wildman–Crippen MR) is 65.1 cm³/mol. The molecule has 0 aliphatic rings. The van der Waals surface area contributed by atoms with Crippen LogP contribution in [0.2, 0.25) is 0 Å². The van der Waals surface area contributed by atoms with Crippen molar-refractivity contribution in [1.82, 2.24) is 0 Å². The lowest BCUT2D eigenvalue weighted by Gasteiger charge is -2.28. The standard InChI is InChI=1S/C14H26/c1-7-9-13(8-2)11-10-12(3)14(4,5)6/h2,12-13H,7,9-11H2,1,3-6H3. The van der Waals surface area contributed by atoms with Crippen molar-refractivity contribution in [3.05, 3.63) is 0 Å². The molecule has 0 heterocycles. The monoisotopic (exact) mass is 194 g/mol. The van der Waals surface area contributed by atoms with Crippen molar-refractivity contribution in [2.75, 3.05) is 0 Å². The van der Waals surface area contributed by atoms with E-state index in [4.69, 9.17) is 6.42 Å². The van der Waals surface area contributed by atoms with E-state index >= 15 is 0 Å². The molecule has 0 aliphatic heterocycles. The summed E-state index contributed by atoms with van der Waals surface area (Å²) < 4.78 is 0. The Labute approximate surface area is 90.5 Å². The molecule has 0 radical (unpaired) electrons. The molecule has 0 N–H and O–H groups in total. The van der Waals surface area contributed by atoms with Gasteiger partial charge < -0.3 is 0 Å². The van der Waals surface area contributed by atoms with Crippen molar-refractivity contribution in [2.45, 2.75) is 60.3 Å². The lowest BCUT2D eigenvalue weighted by molar-refractivity contribution is 0.235. The van der Waals surface area contributed by atoms with Crippen LogP contribution in [0.5, 0.6) is 0 Å². The maximum atomic E-state index is 5.50. The van der Waals surface area contributed by atoms with Gasteiger partial charge in [0.1, 0.15) is 0 Å². The average Bonchev–Trinajstić information content (AvgIpc) is 2.10. The van der Waals surface area contributed by atoms with Crippen LogP contribution in [-0.4, -0.2) is 0 Å². The van der Waals surface area contributed by atoms with Gasteiger partial charge in [-0.2, -0.15) is 0 Å². The van der Waals surface area contributed by atoms with Crippen molar-refractivity contribution in [2.24, 2.45) is 17.3 Å². The minimum Gasteiger partial charge on any atom is -0.120 e. The Morgan fingerprint density at radius 1 is 1.14 bits per heavy atom. The maximum absolute atomic E-state index is 5.50. The molecule has 82 valence electrons. The minimum atomic E-state index is 0.422. The van der Waals surface area contributed by atoms with Crippen LogP contribution in [0.25, 0.3) is 0 Å². The Kier molecular flexibility index (Phi) is 5.93. The molecule has 0 aromatic heterocycles. The Bertz CT molecular complexity index is 177. The van der Waals surface area contributed by atoms with Crippen LogP contribution in [0.15, 0.2) is 0 Å². The molecule has 2 unspecified atom stereocenters. The third-order valence-electron chi connectivity index (χ3n) is 3.30. The van der Waals surface area contributed by atoms with Crippen LogP contribution < -0.4 is 0 Å². The third-order valence-corrected chi connectivity index (χ3v) is 3.30. The molecule has 14 heavy (non-hydrogen) atoms. The maximum Gasteiger partial charge on any atom is 0.0200 e. The van der Waals surface area contributed by atoms with Crippen molar-refractivity contribution in [3.8, 4) is 12.3 Å². The lowest BCUT2D eigenvalue weighted by atomic mass is 9.78. The lowest BCUT2D eigenvalue weighted by Crippen LogP contribution is -2.18. The Hall–Kier alpha value is -0.440. The fourth-order valence-electron chi connectivity index (χ4n) is 1.54. The zero-order chi connectivity index (χ0) is 11.2. The smallest absolute Gasteiger partial charge is 0.0200 e. The van der Waals surface area contributed by atoms with Gasteiger partial charge in [-0.05, 0) is 30.6 Å². The Balaban J connectivity index is 3.87. The summed E-state index contributed by atoms with van der Waals surface area (Å²) in [5.41, 5.74) is 0.422. The van der Waals surface area contributed by atoms with Gasteiger partial charge in [0.05, 0.1) is 0 Å². The summed E-state index contributed by atoms with van der Waals surface area (Å²) in [5, 5.41) is 0. The zero-order valence-electron chi connectivity index (χ0n) is 10.6. The van der Waals surface area contributed by atoms with Crippen LogP contribution in [0.3, 0.4) is 0 Å². The summed E-state index contributed by atoms with van der Waals surface area (Å²) in [6, 6.07) is 0. The van der Waals surface area contributed by atoms with Crippen LogP contribution in [0.4, 0.5) is 0 Å². The fourth-order valence-corrected chi connectivity index (χ4v) is 1.54. The number of terminal acetylenes is 1. The summed E-state index contributed by atoms with van der Waals surface area (Å²) in [6.45, 7) is 11.5. The second kappa shape index (κ2) is 6.12. The average molecular weight is 194 g/mol. The molecule has 0 nitrogen and oxygen atoms in total. The molecular formula is C14H26. The first kappa shape index (κ1) is 13.6. The minimum absolute atomic E-state index is 0.422. The first-order valence-corrected chi connectivity index (χ1v) is 5.88. The highest BCUT2D eigenvalue weighted by molar-refractivity contribution is 4.92. The molecule has 0 aromatic rings. The van der Waals surface area contributed by atoms with Gasteiger partial charge >= 0.3 is 0 Å². The van der Waals surface area contributed by atoms with Gasteiger partial charge in [0.15, 0.2) is 0 Å². The first-order valence-electron chi connectivity index (χ1n) is 5.88. The second-order valence-electron chi connectivity index (χ2n) is 5.50. The van der Waals surface area contributed by atoms with Gasteiger partial charge in [-0.25, -0.2) is 0 Å². The fraction of sp³-hybridized carbons (Fsp3) is 0.857. The Morgan fingerprint density at radius 3 is 2.07 bits per heavy atom. The van der Waals surface area contributed by atoms with E-state index in [1.165, 1.54) is 25.7 Å². The van der Waals surface area contributed by atoms with Crippen molar-refractivity contribution in [1.29, 1.82) is 0 Å².